The van der Waals surface area contributed by atoms with E-state index in [-0.39, 0.29) is 12.2 Å². The van der Waals surface area contributed by atoms with Crippen molar-refractivity contribution in [1.29, 1.82) is 0 Å². The molecule has 0 bridgehead atoms. The number of quaternary nitrogens is 1. The molecule has 0 radical (unpaired) electrons. The first-order chi connectivity index (χ1) is 9.63. The van der Waals surface area contributed by atoms with E-state index in [9.17, 15) is 5.11 Å². The van der Waals surface area contributed by atoms with E-state index in [4.69, 9.17) is 9.47 Å². The Bertz CT molecular complexity index is 375. The first-order valence-corrected chi connectivity index (χ1v) is 7.42. The van der Waals surface area contributed by atoms with Gasteiger partial charge in [0.2, 0.25) is 0 Å². The highest BCUT2D eigenvalue weighted by Crippen LogP contribution is 2.01. The molecule has 1 aliphatic rings. The van der Waals surface area contributed by atoms with Crippen molar-refractivity contribution in [2.24, 2.45) is 0 Å². The summed E-state index contributed by atoms with van der Waals surface area (Å²) >= 11 is 0. The molecule has 0 spiro atoms. The first kappa shape index (κ1) is 15.4. The van der Waals surface area contributed by atoms with Crippen molar-refractivity contribution < 1.29 is 19.5 Å². The summed E-state index contributed by atoms with van der Waals surface area (Å²) in [4.78, 5) is 1.40. The number of hydrogen-bond acceptors (Lipinski definition) is 3. The number of morpholine rings is 1. The van der Waals surface area contributed by atoms with E-state index in [1.54, 1.807) is 0 Å². The summed E-state index contributed by atoms with van der Waals surface area (Å²) in [5, 5.41) is 10.1. The highest BCUT2D eigenvalue weighted by molar-refractivity contribution is 5.13. The third-order valence-corrected chi connectivity index (χ3v) is 3.56. The summed E-state index contributed by atoms with van der Waals surface area (Å²) in [7, 11) is 0. The van der Waals surface area contributed by atoms with Crippen molar-refractivity contribution in [3.63, 3.8) is 0 Å². The monoisotopic (exact) mass is 280 g/mol. The fraction of sp³-hybridized carbons (Fsp3) is 0.625. The second-order valence-electron chi connectivity index (χ2n) is 5.77. The lowest BCUT2D eigenvalue weighted by atomic mass is 10.2. The predicted molar refractivity (Wildman–Crippen MR) is 77.7 cm³/mol. The highest BCUT2D eigenvalue weighted by Gasteiger charge is 2.27. The van der Waals surface area contributed by atoms with Crippen LogP contribution in [0.2, 0.25) is 0 Å². The van der Waals surface area contributed by atoms with Crippen molar-refractivity contribution >= 4 is 0 Å². The smallest absolute Gasteiger partial charge is 0.126 e. The van der Waals surface area contributed by atoms with Crippen LogP contribution in [0, 0.1) is 0 Å². The third-order valence-electron chi connectivity index (χ3n) is 3.56. The normalized spacial score (nSPS) is 28.2. The second-order valence-corrected chi connectivity index (χ2v) is 5.77. The number of aliphatic hydroxyl groups excluding tert-OH is 1. The number of benzene rings is 1. The van der Waals surface area contributed by atoms with E-state index in [2.05, 4.69) is 13.8 Å². The van der Waals surface area contributed by atoms with Crippen LogP contribution in [-0.2, 0) is 16.1 Å². The van der Waals surface area contributed by atoms with E-state index in [0.717, 1.165) is 25.2 Å². The molecule has 1 unspecified atom stereocenters. The van der Waals surface area contributed by atoms with Crippen LogP contribution in [0.4, 0.5) is 0 Å². The molecule has 4 heteroatoms. The molecule has 1 aromatic carbocycles. The molecule has 1 fully saturated rings. The van der Waals surface area contributed by atoms with Gasteiger partial charge >= 0.3 is 0 Å². The average Bonchev–Trinajstić information content (AvgIpc) is 2.38. The minimum atomic E-state index is -0.411. The maximum Gasteiger partial charge on any atom is 0.126 e. The topological polar surface area (TPSA) is 43.1 Å². The molecule has 1 saturated heterocycles. The van der Waals surface area contributed by atoms with Crippen LogP contribution >= 0.6 is 0 Å². The Morgan fingerprint density at radius 2 is 1.90 bits per heavy atom. The van der Waals surface area contributed by atoms with Gasteiger partial charge in [-0.25, -0.2) is 0 Å². The Kier molecular flexibility index (Phi) is 5.98. The summed E-state index contributed by atoms with van der Waals surface area (Å²) in [5.74, 6) is 0. The van der Waals surface area contributed by atoms with Crippen molar-refractivity contribution in [1.82, 2.24) is 0 Å². The number of aliphatic hydroxyl groups is 1. The molecule has 2 N–H and O–H groups in total. The lowest BCUT2D eigenvalue weighted by Crippen LogP contribution is -3.16. The van der Waals surface area contributed by atoms with Gasteiger partial charge in [0.05, 0.1) is 13.2 Å². The van der Waals surface area contributed by atoms with Crippen LogP contribution in [0.3, 0.4) is 0 Å². The molecule has 20 heavy (non-hydrogen) atoms. The standard InChI is InChI=1S/C16H25NO3/c1-13-8-17(9-14(2)20-13)10-16(18)12-19-11-15-6-4-3-5-7-15/h3-7,13-14,16,18H,8-12H2,1-2H3/p+1/t13-,14+,16-/m0/s1. The van der Waals surface area contributed by atoms with Crippen LogP contribution in [0.15, 0.2) is 30.3 Å². The molecule has 0 amide bonds. The quantitative estimate of drug-likeness (QED) is 0.785. The van der Waals surface area contributed by atoms with Gasteiger partial charge in [-0.05, 0) is 19.4 Å². The lowest BCUT2D eigenvalue weighted by Gasteiger charge is -2.33. The molecular weight excluding hydrogens is 254 g/mol. The summed E-state index contributed by atoms with van der Waals surface area (Å²) in [6, 6.07) is 10.0. The molecule has 112 valence electrons. The fourth-order valence-corrected chi connectivity index (χ4v) is 2.84. The van der Waals surface area contributed by atoms with Gasteiger partial charge in [-0.3, -0.25) is 0 Å². The van der Waals surface area contributed by atoms with E-state index < -0.39 is 6.10 Å². The Morgan fingerprint density at radius 3 is 2.55 bits per heavy atom. The van der Waals surface area contributed by atoms with Gasteiger partial charge in [0.1, 0.15) is 37.9 Å². The SMILES string of the molecule is C[C@@H]1C[NH+](C[C@H](O)COCc2ccccc2)C[C@H](C)O1. The third kappa shape index (κ3) is 5.21. The molecule has 2 rings (SSSR count). The van der Waals surface area contributed by atoms with Crippen LogP contribution in [0.5, 0.6) is 0 Å². The van der Waals surface area contributed by atoms with Gasteiger partial charge in [0.15, 0.2) is 0 Å². The number of hydrogen-bond donors (Lipinski definition) is 2. The molecule has 0 aromatic heterocycles. The average molecular weight is 280 g/mol. The molecule has 1 aliphatic heterocycles. The van der Waals surface area contributed by atoms with E-state index in [1.165, 1.54) is 4.90 Å². The molecule has 4 nitrogen and oxygen atoms in total. The van der Waals surface area contributed by atoms with Gasteiger partial charge in [-0.2, -0.15) is 0 Å². The molecule has 1 aromatic rings. The Balaban J connectivity index is 1.66. The number of ether oxygens (including phenoxy) is 2. The highest BCUT2D eigenvalue weighted by atomic mass is 16.5. The zero-order chi connectivity index (χ0) is 14.4. The van der Waals surface area contributed by atoms with E-state index in [0.29, 0.717) is 13.2 Å². The minimum absolute atomic E-state index is 0.270. The van der Waals surface area contributed by atoms with E-state index >= 15 is 0 Å². The Morgan fingerprint density at radius 1 is 1.25 bits per heavy atom. The Hall–Kier alpha value is -0.940. The fourth-order valence-electron chi connectivity index (χ4n) is 2.84. The largest absolute Gasteiger partial charge is 0.385 e. The molecule has 1 heterocycles. The van der Waals surface area contributed by atoms with Crippen LogP contribution in [0.25, 0.3) is 0 Å². The number of rotatable bonds is 6. The van der Waals surface area contributed by atoms with Gasteiger partial charge in [-0.1, -0.05) is 30.3 Å². The van der Waals surface area contributed by atoms with Crippen LogP contribution in [-0.4, -0.2) is 49.7 Å². The van der Waals surface area contributed by atoms with Crippen molar-refractivity contribution in [2.75, 3.05) is 26.2 Å². The van der Waals surface area contributed by atoms with Gasteiger partial charge < -0.3 is 19.5 Å². The summed E-state index contributed by atoms with van der Waals surface area (Å²) in [6.07, 6.45) is 0.128. The van der Waals surface area contributed by atoms with Gasteiger partial charge in [0, 0.05) is 0 Å². The van der Waals surface area contributed by atoms with Crippen molar-refractivity contribution in [3.05, 3.63) is 35.9 Å². The van der Waals surface area contributed by atoms with Gasteiger partial charge in [-0.15, -0.1) is 0 Å². The van der Waals surface area contributed by atoms with Crippen molar-refractivity contribution in [2.45, 2.75) is 38.8 Å². The van der Waals surface area contributed by atoms with Crippen LogP contribution in [0.1, 0.15) is 19.4 Å². The lowest BCUT2D eigenvalue weighted by molar-refractivity contribution is -0.918. The van der Waals surface area contributed by atoms with E-state index in [1.807, 2.05) is 30.3 Å². The summed E-state index contributed by atoms with van der Waals surface area (Å²) in [6.45, 7) is 7.78. The minimum Gasteiger partial charge on any atom is -0.385 e. The van der Waals surface area contributed by atoms with Gasteiger partial charge in [0.25, 0.3) is 0 Å². The molecule has 4 atom stereocenters. The maximum atomic E-state index is 10.1. The van der Waals surface area contributed by atoms with Crippen molar-refractivity contribution in [3.8, 4) is 0 Å². The summed E-state index contributed by atoms with van der Waals surface area (Å²) in [5.41, 5.74) is 1.14. The maximum absolute atomic E-state index is 10.1. The summed E-state index contributed by atoms with van der Waals surface area (Å²) < 4.78 is 11.3. The van der Waals surface area contributed by atoms with Crippen LogP contribution < -0.4 is 4.90 Å². The molecule has 0 saturated carbocycles. The second kappa shape index (κ2) is 7.74. The number of nitrogens with one attached hydrogen (secondary N) is 1. The Labute approximate surface area is 121 Å². The molecule has 0 aliphatic carbocycles. The zero-order valence-electron chi connectivity index (χ0n) is 12.4. The first-order valence-electron chi connectivity index (χ1n) is 7.42. The molecular formula is C16H26NO3+. The predicted octanol–water partition coefficient (Wildman–Crippen LogP) is 0.256. The zero-order valence-corrected chi connectivity index (χ0v) is 12.4.